The molecule has 0 radical (unpaired) electrons. The summed E-state index contributed by atoms with van der Waals surface area (Å²) in [5.74, 6) is -0.596. The van der Waals surface area contributed by atoms with Crippen molar-refractivity contribution < 1.29 is 18.3 Å². The van der Waals surface area contributed by atoms with Crippen LogP contribution in [0.15, 0.2) is 0 Å². The molecule has 0 aromatic rings. The van der Waals surface area contributed by atoms with Crippen molar-refractivity contribution in [1.82, 2.24) is 5.32 Å². The van der Waals surface area contributed by atoms with Gasteiger partial charge in [0.1, 0.15) is 4.75 Å². The number of rotatable bonds is 4. The Morgan fingerprint density at radius 2 is 1.93 bits per heavy atom. The number of aliphatic hydroxyl groups is 1. The largest absolute Gasteiger partial charge is 0.394 e. The quantitative estimate of drug-likeness (QED) is 0.660. The average Bonchev–Trinajstić information content (AvgIpc) is 2.01. The number of carbonyl (C=O) groups is 1. The summed E-state index contributed by atoms with van der Waals surface area (Å²) < 4.78 is 21.0. The summed E-state index contributed by atoms with van der Waals surface area (Å²) in [5.41, 5.74) is 0. The predicted molar refractivity (Wildman–Crippen MR) is 53.6 cm³/mol. The molecule has 6 heteroatoms. The van der Waals surface area contributed by atoms with E-state index in [0.29, 0.717) is 0 Å². The van der Waals surface area contributed by atoms with Crippen LogP contribution in [-0.4, -0.2) is 43.1 Å². The number of carbonyl (C=O) groups excluding carboxylic acids is 1. The number of hydrogen-bond donors (Lipinski definition) is 2. The zero-order valence-corrected chi connectivity index (χ0v) is 9.68. The van der Waals surface area contributed by atoms with Gasteiger partial charge in [0.05, 0.1) is 6.61 Å². The standard InChI is InChI=1S/C8H17NO4S/c1-6(5-10)9-7(11)8(2,3)14(4,12)13/h6,10H,5H2,1-4H3,(H,9,11)/t6-/m0/s1. The Balaban J connectivity index is 4.70. The van der Waals surface area contributed by atoms with Gasteiger partial charge in [-0.05, 0) is 20.8 Å². The summed E-state index contributed by atoms with van der Waals surface area (Å²) in [4.78, 5) is 11.5. The van der Waals surface area contributed by atoms with Gasteiger partial charge in [-0.25, -0.2) is 8.42 Å². The molecule has 1 amide bonds. The highest BCUT2D eigenvalue weighted by Crippen LogP contribution is 2.15. The molecule has 84 valence electrons. The zero-order valence-electron chi connectivity index (χ0n) is 8.86. The van der Waals surface area contributed by atoms with Crippen molar-refractivity contribution in [3.63, 3.8) is 0 Å². The molecule has 0 aliphatic heterocycles. The number of hydrogen-bond acceptors (Lipinski definition) is 4. The first-order valence-electron chi connectivity index (χ1n) is 4.24. The Kier molecular flexibility index (Phi) is 4.08. The maximum atomic E-state index is 11.5. The van der Waals surface area contributed by atoms with Crippen molar-refractivity contribution in [1.29, 1.82) is 0 Å². The maximum absolute atomic E-state index is 11.5. The molecule has 0 aromatic carbocycles. The number of amides is 1. The van der Waals surface area contributed by atoms with Crippen LogP contribution in [-0.2, 0) is 14.6 Å². The van der Waals surface area contributed by atoms with Crippen LogP contribution >= 0.6 is 0 Å². The monoisotopic (exact) mass is 223 g/mol. The maximum Gasteiger partial charge on any atom is 0.241 e. The van der Waals surface area contributed by atoms with Crippen molar-refractivity contribution in [2.24, 2.45) is 0 Å². The fourth-order valence-electron chi connectivity index (χ4n) is 0.612. The highest BCUT2D eigenvalue weighted by Gasteiger charge is 2.38. The first-order valence-corrected chi connectivity index (χ1v) is 6.13. The zero-order chi connectivity index (χ0) is 11.6. The minimum atomic E-state index is -3.45. The molecule has 0 unspecified atom stereocenters. The molecule has 0 rings (SSSR count). The van der Waals surface area contributed by atoms with Crippen molar-refractivity contribution in [3.8, 4) is 0 Å². The van der Waals surface area contributed by atoms with Gasteiger partial charge in [-0.2, -0.15) is 0 Å². The van der Waals surface area contributed by atoms with Gasteiger partial charge in [0.15, 0.2) is 9.84 Å². The summed E-state index contributed by atoms with van der Waals surface area (Å²) in [6, 6.07) is -0.441. The second-order valence-electron chi connectivity index (χ2n) is 3.84. The lowest BCUT2D eigenvalue weighted by atomic mass is 10.2. The highest BCUT2D eigenvalue weighted by molar-refractivity contribution is 7.92. The van der Waals surface area contributed by atoms with Gasteiger partial charge in [-0.1, -0.05) is 0 Å². The van der Waals surface area contributed by atoms with Crippen LogP contribution in [0.4, 0.5) is 0 Å². The molecule has 0 aromatic heterocycles. The van der Waals surface area contributed by atoms with Crippen LogP contribution in [0.2, 0.25) is 0 Å². The van der Waals surface area contributed by atoms with Crippen LogP contribution in [0.3, 0.4) is 0 Å². The second kappa shape index (κ2) is 4.27. The van der Waals surface area contributed by atoms with Crippen molar-refractivity contribution in [2.75, 3.05) is 12.9 Å². The molecule has 14 heavy (non-hydrogen) atoms. The van der Waals surface area contributed by atoms with E-state index < -0.39 is 26.5 Å². The lowest BCUT2D eigenvalue weighted by molar-refractivity contribution is -0.123. The lowest BCUT2D eigenvalue weighted by Gasteiger charge is -2.23. The lowest BCUT2D eigenvalue weighted by Crippen LogP contribution is -2.50. The van der Waals surface area contributed by atoms with Gasteiger partial charge in [-0.3, -0.25) is 4.79 Å². The summed E-state index contributed by atoms with van der Waals surface area (Å²) in [5, 5.41) is 11.1. The molecule has 5 nitrogen and oxygen atoms in total. The topological polar surface area (TPSA) is 83.5 Å². The smallest absolute Gasteiger partial charge is 0.241 e. The van der Waals surface area contributed by atoms with Gasteiger partial charge in [0, 0.05) is 12.3 Å². The predicted octanol–water partition coefficient (Wildman–Crippen LogP) is -0.693. The Hall–Kier alpha value is -0.620. The number of nitrogens with one attached hydrogen (secondary N) is 1. The summed E-state index contributed by atoms with van der Waals surface area (Å²) in [7, 11) is -3.45. The van der Waals surface area contributed by atoms with Gasteiger partial charge in [-0.15, -0.1) is 0 Å². The summed E-state index contributed by atoms with van der Waals surface area (Å²) >= 11 is 0. The SMILES string of the molecule is C[C@@H](CO)NC(=O)C(C)(C)S(C)(=O)=O. The second-order valence-corrected chi connectivity index (χ2v) is 6.40. The molecule has 0 heterocycles. The van der Waals surface area contributed by atoms with Gasteiger partial charge in [0.2, 0.25) is 5.91 Å². The molecule has 0 aliphatic rings. The Bertz CT molecular complexity index is 307. The summed E-state index contributed by atoms with van der Waals surface area (Å²) in [6.45, 7) is 4.05. The van der Waals surface area contributed by atoms with E-state index in [2.05, 4.69) is 5.32 Å². The van der Waals surface area contributed by atoms with E-state index in [0.717, 1.165) is 6.26 Å². The molecule has 0 saturated carbocycles. The van der Waals surface area contributed by atoms with Gasteiger partial charge < -0.3 is 10.4 Å². The molecule has 0 aliphatic carbocycles. The molecule has 1 atom stereocenters. The summed E-state index contributed by atoms with van der Waals surface area (Å²) in [6.07, 6.45) is 1.01. The van der Waals surface area contributed by atoms with Crippen LogP contribution in [0.1, 0.15) is 20.8 Å². The molecular weight excluding hydrogens is 206 g/mol. The first kappa shape index (κ1) is 13.4. The normalized spacial score (nSPS) is 14.9. The van der Waals surface area contributed by atoms with Crippen LogP contribution < -0.4 is 5.32 Å². The third-order valence-corrected chi connectivity index (χ3v) is 4.16. The number of aliphatic hydroxyl groups excluding tert-OH is 1. The first-order chi connectivity index (χ1) is 6.13. The molecule has 0 bridgehead atoms. The fourth-order valence-corrected chi connectivity index (χ4v) is 1.01. The Morgan fingerprint density at radius 3 is 2.21 bits per heavy atom. The number of sulfone groups is 1. The van der Waals surface area contributed by atoms with Gasteiger partial charge in [0.25, 0.3) is 0 Å². The Morgan fingerprint density at radius 1 is 1.50 bits per heavy atom. The van der Waals surface area contributed by atoms with E-state index in [1.54, 1.807) is 6.92 Å². The van der Waals surface area contributed by atoms with Crippen molar-refractivity contribution in [3.05, 3.63) is 0 Å². The average molecular weight is 223 g/mol. The third-order valence-electron chi connectivity index (χ3n) is 2.13. The minimum absolute atomic E-state index is 0.217. The van der Waals surface area contributed by atoms with Crippen LogP contribution in [0, 0.1) is 0 Å². The van der Waals surface area contributed by atoms with Gasteiger partial charge >= 0.3 is 0 Å². The van der Waals surface area contributed by atoms with E-state index in [9.17, 15) is 13.2 Å². The molecule has 0 fully saturated rings. The molecule has 0 saturated heterocycles. The molecule has 0 spiro atoms. The molecule has 2 N–H and O–H groups in total. The minimum Gasteiger partial charge on any atom is -0.394 e. The fraction of sp³-hybridized carbons (Fsp3) is 0.875. The molecular formula is C8H17NO4S. The van der Waals surface area contributed by atoms with Crippen molar-refractivity contribution >= 4 is 15.7 Å². The third kappa shape index (κ3) is 2.95. The Labute approximate surface area is 84.4 Å². The van der Waals surface area contributed by atoms with Crippen LogP contribution in [0.5, 0.6) is 0 Å². The van der Waals surface area contributed by atoms with E-state index in [1.165, 1.54) is 13.8 Å². The van der Waals surface area contributed by atoms with E-state index >= 15 is 0 Å². The highest BCUT2D eigenvalue weighted by atomic mass is 32.2. The van der Waals surface area contributed by atoms with Crippen molar-refractivity contribution in [2.45, 2.75) is 31.6 Å². The van der Waals surface area contributed by atoms with E-state index in [4.69, 9.17) is 5.11 Å². The van der Waals surface area contributed by atoms with E-state index in [-0.39, 0.29) is 6.61 Å². The van der Waals surface area contributed by atoms with Crippen LogP contribution in [0.25, 0.3) is 0 Å². The van der Waals surface area contributed by atoms with E-state index in [1.807, 2.05) is 0 Å².